The molecule has 2 aliphatic heterocycles. The molecule has 4 unspecified atom stereocenters. The number of aliphatic hydroxyl groups excluding tert-OH is 1. The molecule has 4 atom stereocenters. The molecule has 22 heavy (non-hydrogen) atoms. The van der Waals surface area contributed by atoms with Gasteiger partial charge in [-0.15, -0.1) is 0 Å². The lowest BCUT2D eigenvalue weighted by molar-refractivity contribution is -0.149. The SMILES string of the molecule is CN1C2CCC(COC(=O)C(CO)c3ccccc3)C1CC2. The van der Waals surface area contributed by atoms with Crippen LogP contribution < -0.4 is 0 Å². The molecule has 2 saturated heterocycles. The highest BCUT2D eigenvalue weighted by Gasteiger charge is 2.40. The minimum atomic E-state index is -0.571. The van der Waals surface area contributed by atoms with Crippen LogP contribution in [0.15, 0.2) is 30.3 Å². The highest BCUT2D eigenvalue weighted by Crippen LogP contribution is 2.38. The Hall–Kier alpha value is -1.39. The summed E-state index contributed by atoms with van der Waals surface area (Å²) in [4.78, 5) is 14.8. The smallest absolute Gasteiger partial charge is 0.315 e. The highest BCUT2D eigenvalue weighted by atomic mass is 16.5. The van der Waals surface area contributed by atoms with Crippen LogP contribution in [0.4, 0.5) is 0 Å². The number of hydrogen-bond donors (Lipinski definition) is 1. The minimum absolute atomic E-state index is 0.209. The normalized spacial score (nSPS) is 29.3. The van der Waals surface area contributed by atoms with E-state index in [0.717, 1.165) is 18.0 Å². The van der Waals surface area contributed by atoms with Crippen LogP contribution in [0.3, 0.4) is 0 Å². The van der Waals surface area contributed by atoms with Gasteiger partial charge < -0.3 is 14.7 Å². The second-order valence-electron chi connectivity index (χ2n) is 6.58. The summed E-state index contributed by atoms with van der Waals surface area (Å²) in [5, 5.41) is 9.52. The number of nitrogens with zero attached hydrogens (tertiary/aromatic N) is 1. The summed E-state index contributed by atoms with van der Waals surface area (Å²) >= 11 is 0. The first-order chi connectivity index (χ1) is 10.7. The van der Waals surface area contributed by atoms with Gasteiger partial charge in [-0.25, -0.2) is 0 Å². The van der Waals surface area contributed by atoms with Gasteiger partial charge >= 0.3 is 5.97 Å². The fourth-order valence-corrected chi connectivity index (χ4v) is 4.04. The molecule has 1 aromatic carbocycles. The maximum absolute atomic E-state index is 12.3. The van der Waals surface area contributed by atoms with Gasteiger partial charge in [0.25, 0.3) is 0 Å². The fraction of sp³-hybridized carbons (Fsp3) is 0.611. The Morgan fingerprint density at radius 1 is 1.27 bits per heavy atom. The van der Waals surface area contributed by atoms with Crippen LogP contribution in [-0.2, 0) is 9.53 Å². The first-order valence-corrected chi connectivity index (χ1v) is 8.25. The maximum atomic E-state index is 12.3. The number of esters is 1. The molecule has 2 fully saturated rings. The molecule has 1 aromatic rings. The molecule has 120 valence electrons. The van der Waals surface area contributed by atoms with Gasteiger partial charge in [0.1, 0.15) is 5.92 Å². The first kappa shape index (κ1) is 15.5. The van der Waals surface area contributed by atoms with E-state index in [1.54, 1.807) is 0 Å². The van der Waals surface area contributed by atoms with Crippen LogP contribution in [0.25, 0.3) is 0 Å². The van der Waals surface area contributed by atoms with Crippen LogP contribution in [0, 0.1) is 5.92 Å². The van der Waals surface area contributed by atoms with Crippen molar-refractivity contribution in [2.45, 2.75) is 43.7 Å². The molecule has 0 amide bonds. The first-order valence-electron chi connectivity index (χ1n) is 8.25. The summed E-state index contributed by atoms with van der Waals surface area (Å²) < 4.78 is 5.56. The van der Waals surface area contributed by atoms with Gasteiger partial charge in [-0.3, -0.25) is 4.79 Å². The third-order valence-corrected chi connectivity index (χ3v) is 5.42. The van der Waals surface area contributed by atoms with Crippen LogP contribution >= 0.6 is 0 Å². The highest BCUT2D eigenvalue weighted by molar-refractivity contribution is 5.78. The van der Waals surface area contributed by atoms with Crippen molar-refractivity contribution < 1.29 is 14.6 Å². The number of carbonyl (C=O) groups is 1. The molecule has 2 bridgehead atoms. The molecule has 0 aliphatic carbocycles. The van der Waals surface area contributed by atoms with E-state index in [0.29, 0.717) is 18.6 Å². The van der Waals surface area contributed by atoms with Crippen LogP contribution in [-0.4, -0.2) is 48.3 Å². The molecular formula is C18H25NO3. The largest absolute Gasteiger partial charge is 0.465 e. The van der Waals surface area contributed by atoms with Gasteiger partial charge in [0.15, 0.2) is 0 Å². The number of carbonyl (C=O) groups excluding carboxylic acids is 1. The van der Waals surface area contributed by atoms with E-state index in [-0.39, 0.29) is 12.6 Å². The third-order valence-electron chi connectivity index (χ3n) is 5.42. The second kappa shape index (κ2) is 6.80. The minimum Gasteiger partial charge on any atom is -0.465 e. The average Bonchev–Trinajstić information content (AvgIpc) is 2.78. The lowest BCUT2D eigenvalue weighted by Crippen LogP contribution is -2.43. The van der Waals surface area contributed by atoms with E-state index in [4.69, 9.17) is 4.74 Å². The zero-order chi connectivity index (χ0) is 15.5. The second-order valence-corrected chi connectivity index (χ2v) is 6.58. The number of hydrogen-bond acceptors (Lipinski definition) is 4. The summed E-state index contributed by atoms with van der Waals surface area (Å²) in [6.45, 7) is 0.267. The maximum Gasteiger partial charge on any atom is 0.315 e. The van der Waals surface area contributed by atoms with Crippen molar-refractivity contribution >= 4 is 5.97 Å². The van der Waals surface area contributed by atoms with E-state index in [1.807, 2.05) is 30.3 Å². The molecule has 4 heteroatoms. The molecule has 2 aliphatic rings. The van der Waals surface area contributed by atoms with Gasteiger partial charge in [-0.05, 0) is 38.3 Å². The topological polar surface area (TPSA) is 49.8 Å². The van der Waals surface area contributed by atoms with Crippen molar-refractivity contribution in [1.29, 1.82) is 0 Å². The zero-order valence-electron chi connectivity index (χ0n) is 13.1. The Kier molecular flexibility index (Phi) is 4.79. The van der Waals surface area contributed by atoms with Crippen molar-refractivity contribution in [3.05, 3.63) is 35.9 Å². The number of rotatable bonds is 5. The van der Waals surface area contributed by atoms with E-state index in [9.17, 15) is 9.90 Å². The Bertz CT molecular complexity index is 504. The van der Waals surface area contributed by atoms with Crippen molar-refractivity contribution in [1.82, 2.24) is 4.90 Å². The Morgan fingerprint density at radius 2 is 2.00 bits per heavy atom. The molecule has 0 aromatic heterocycles. The number of aliphatic hydroxyl groups is 1. The van der Waals surface area contributed by atoms with Gasteiger partial charge in [-0.1, -0.05) is 30.3 Å². The molecule has 0 radical (unpaired) electrons. The van der Waals surface area contributed by atoms with Crippen molar-refractivity contribution in [3.8, 4) is 0 Å². The zero-order valence-corrected chi connectivity index (χ0v) is 13.1. The number of benzene rings is 1. The number of ether oxygens (including phenoxy) is 1. The summed E-state index contributed by atoms with van der Waals surface area (Å²) in [6, 6.07) is 10.6. The van der Waals surface area contributed by atoms with E-state index < -0.39 is 5.92 Å². The van der Waals surface area contributed by atoms with Gasteiger partial charge in [0.05, 0.1) is 13.2 Å². The quantitative estimate of drug-likeness (QED) is 0.847. The predicted octanol–water partition coefficient (Wildman–Crippen LogP) is 2.18. The summed E-state index contributed by atoms with van der Waals surface area (Å²) in [5.74, 6) is -0.446. The third kappa shape index (κ3) is 3.03. The van der Waals surface area contributed by atoms with Crippen molar-refractivity contribution in [3.63, 3.8) is 0 Å². The van der Waals surface area contributed by atoms with E-state index >= 15 is 0 Å². The molecule has 0 spiro atoms. The van der Waals surface area contributed by atoms with Gasteiger partial charge in [0, 0.05) is 18.0 Å². The molecular weight excluding hydrogens is 278 g/mol. The van der Waals surface area contributed by atoms with E-state index in [1.165, 1.54) is 19.3 Å². The average molecular weight is 303 g/mol. The Labute approximate surface area is 132 Å². The Morgan fingerprint density at radius 3 is 2.73 bits per heavy atom. The fourth-order valence-electron chi connectivity index (χ4n) is 4.04. The predicted molar refractivity (Wildman–Crippen MR) is 84.5 cm³/mol. The lowest BCUT2D eigenvalue weighted by atomic mass is 9.91. The van der Waals surface area contributed by atoms with Crippen molar-refractivity contribution in [2.75, 3.05) is 20.3 Å². The molecule has 3 rings (SSSR count). The molecule has 0 saturated carbocycles. The summed E-state index contributed by atoms with van der Waals surface area (Å²) in [5.41, 5.74) is 0.816. The number of fused-ring (bicyclic) bond motifs is 2. The van der Waals surface area contributed by atoms with Gasteiger partial charge in [-0.2, -0.15) is 0 Å². The van der Waals surface area contributed by atoms with Crippen LogP contribution in [0.2, 0.25) is 0 Å². The summed E-state index contributed by atoms with van der Waals surface area (Å²) in [6.07, 6.45) is 4.83. The standard InChI is InChI=1S/C18H25NO3/c1-19-15-8-7-14(17(19)10-9-15)12-22-18(21)16(11-20)13-5-3-2-4-6-13/h2-6,14-17,20H,7-12H2,1H3. The Balaban J connectivity index is 1.57. The monoisotopic (exact) mass is 303 g/mol. The van der Waals surface area contributed by atoms with Crippen molar-refractivity contribution in [2.24, 2.45) is 5.92 Å². The summed E-state index contributed by atoms with van der Waals surface area (Å²) in [7, 11) is 2.19. The lowest BCUT2D eigenvalue weighted by Gasteiger charge is -2.37. The van der Waals surface area contributed by atoms with Crippen LogP contribution in [0.5, 0.6) is 0 Å². The number of piperidine rings is 1. The van der Waals surface area contributed by atoms with E-state index in [2.05, 4.69) is 11.9 Å². The molecule has 2 heterocycles. The van der Waals surface area contributed by atoms with Gasteiger partial charge in [0.2, 0.25) is 0 Å². The molecule has 1 N–H and O–H groups in total. The van der Waals surface area contributed by atoms with Crippen LogP contribution in [0.1, 0.15) is 37.2 Å². The molecule has 4 nitrogen and oxygen atoms in total.